The van der Waals surface area contributed by atoms with Crippen molar-refractivity contribution in [2.24, 2.45) is 0 Å². The molecule has 0 N–H and O–H groups in total. The molecule has 0 radical (unpaired) electrons. The summed E-state index contributed by atoms with van der Waals surface area (Å²) in [6, 6.07) is 13.0. The third-order valence-corrected chi connectivity index (χ3v) is 5.70. The Balaban J connectivity index is 2.07. The normalized spacial score (nSPS) is 16.7. The van der Waals surface area contributed by atoms with Gasteiger partial charge in [-0.2, -0.15) is 0 Å². The van der Waals surface area contributed by atoms with Crippen LogP contribution in [-0.4, -0.2) is 31.3 Å². The number of hydrogen-bond acceptors (Lipinski definition) is 2. The Morgan fingerprint density at radius 1 is 1.05 bits per heavy atom. The fraction of sp³-hybridized carbons (Fsp3) is 0.375. The summed E-state index contributed by atoms with van der Waals surface area (Å²) in [5, 5.41) is 2.58. The van der Waals surface area contributed by atoms with Crippen molar-refractivity contribution in [3.63, 3.8) is 0 Å². The fourth-order valence-corrected chi connectivity index (χ4v) is 4.55. The molecule has 0 amide bonds. The lowest BCUT2D eigenvalue weighted by Gasteiger charge is -2.16. The molecular weight excluding hydrogens is 256 g/mol. The Kier molecular flexibility index (Phi) is 3.95. The van der Waals surface area contributed by atoms with E-state index in [1.165, 1.54) is 15.7 Å². The molecule has 1 heterocycles. The molecule has 0 atom stereocenters. The maximum Gasteiger partial charge on any atom is 0.163 e. The van der Waals surface area contributed by atoms with Crippen LogP contribution in [0.25, 0.3) is 10.8 Å². The first-order valence-corrected chi connectivity index (χ1v) is 8.36. The van der Waals surface area contributed by atoms with E-state index in [0.717, 1.165) is 30.5 Å². The van der Waals surface area contributed by atoms with Crippen LogP contribution < -0.4 is 4.74 Å². The lowest BCUT2D eigenvalue weighted by atomic mass is 10.1. The number of ether oxygens (including phenoxy) is 2. The zero-order valence-electron chi connectivity index (χ0n) is 11.2. The van der Waals surface area contributed by atoms with Gasteiger partial charge >= 0.3 is 0 Å². The maximum atomic E-state index is 5.74. The van der Waals surface area contributed by atoms with E-state index in [2.05, 4.69) is 36.4 Å². The van der Waals surface area contributed by atoms with Crippen molar-refractivity contribution >= 4 is 21.7 Å². The molecule has 19 heavy (non-hydrogen) atoms. The van der Waals surface area contributed by atoms with Gasteiger partial charge in [-0.3, -0.25) is 0 Å². The highest BCUT2D eigenvalue weighted by Gasteiger charge is 2.27. The van der Waals surface area contributed by atoms with Gasteiger partial charge in [-0.15, -0.1) is 0 Å². The number of fused-ring (bicyclic) bond motifs is 1. The van der Waals surface area contributed by atoms with Crippen molar-refractivity contribution in [3.05, 3.63) is 36.4 Å². The topological polar surface area (TPSA) is 18.5 Å². The Labute approximate surface area is 117 Å². The Morgan fingerprint density at radius 2 is 1.79 bits per heavy atom. The quantitative estimate of drug-likeness (QED) is 0.801. The van der Waals surface area contributed by atoms with Gasteiger partial charge in [0, 0.05) is 21.7 Å². The van der Waals surface area contributed by atoms with Gasteiger partial charge in [0.15, 0.2) is 4.90 Å². The summed E-state index contributed by atoms with van der Waals surface area (Å²) in [7, 11) is 0.325. The fourth-order valence-electron chi connectivity index (χ4n) is 2.52. The molecule has 1 fully saturated rings. The van der Waals surface area contributed by atoms with Crippen molar-refractivity contribution in [2.45, 2.75) is 11.8 Å². The molecule has 1 saturated heterocycles. The third-order valence-electron chi connectivity index (χ3n) is 3.40. The maximum absolute atomic E-state index is 5.74. The van der Waals surface area contributed by atoms with Crippen LogP contribution in [0.4, 0.5) is 0 Å². The summed E-state index contributed by atoms with van der Waals surface area (Å²) in [6.45, 7) is 4.53. The molecule has 0 aliphatic carbocycles. The van der Waals surface area contributed by atoms with Gasteiger partial charge < -0.3 is 9.47 Å². The van der Waals surface area contributed by atoms with Crippen molar-refractivity contribution in [1.82, 2.24) is 0 Å². The van der Waals surface area contributed by atoms with Crippen molar-refractivity contribution in [2.75, 3.05) is 31.3 Å². The Bertz CT molecular complexity index is 562. The van der Waals surface area contributed by atoms with Gasteiger partial charge in [0.05, 0.1) is 19.8 Å². The first-order chi connectivity index (χ1) is 9.40. The van der Waals surface area contributed by atoms with E-state index in [1.54, 1.807) is 0 Å². The van der Waals surface area contributed by atoms with Crippen LogP contribution in [0.2, 0.25) is 0 Å². The van der Waals surface area contributed by atoms with Crippen LogP contribution in [0, 0.1) is 0 Å². The van der Waals surface area contributed by atoms with E-state index < -0.39 is 0 Å². The van der Waals surface area contributed by atoms with E-state index in [-0.39, 0.29) is 0 Å². The monoisotopic (exact) mass is 275 g/mol. The van der Waals surface area contributed by atoms with Crippen molar-refractivity contribution in [3.8, 4) is 5.75 Å². The molecule has 0 spiro atoms. The molecule has 100 valence electrons. The lowest BCUT2D eigenvalue weighted by Crippen LogP contribution is -2.26. The summed E-state index contributed by atoms with van der Waals surface area (Å²) in [5.41, 5.74) is 0. The molecule has 0 bridgehead atoms. The molecule has 0 unspecified atom stereocenters. The van der Waals surface area contributed by atoms with Gasteiger partial charge in [-0.05, 0) is 25.1 Å². The Hall–Kier alpha value is -1.19. The van der Waals surface area contributed by atoms with Gasteiger partial charge in [-0.25, -0.2) is 0 Å². The zero-order valence-corrected chi connectivity index (χ0v) is 12.0. The second-order valence-electron chi connectivity index (χ2n) is 4.55. The van der Waals surface area contributed by atoms with E-state index >= 15 is 0 Å². The standard InChI is InChI=1S/C16H19O2S/c1-2-18-15-7-8-16(19-11-9-17-10-12-19)14-6-4-3-5-13(14)15/h3-8H,2,9-12H2,1H3/q+1. The van der Waals surface area contributed by atoms with Crippen molar-refractivity contribution < 1.29 is 9.47 Å². The van der Waals surface area contributed by atoms with Gasteiger partial charge in [0.2, 0.25) is 0 Å². The summed E-state index contributed by atoms with van der Waals surface area (Å²) >= 11 is 0. The first-order valence-electron chi connectivity index (χ1n) is 6.80. The molecule has 3 rings (SSSR count). The smallest absolute Gasteiger partial charge is 0.163 e. The minimum atomic E-state index is 0.325. The van der Waals surface area contributed by atoms with E-state index in [1.807, 2.05) is 6.92 Å². The second kappa shape index (κ2) is 5.85. The molecule has 2 aromatic carbocycles. The highest BCUT2D eigenvalue weighted by molar-refractivity contribution is 7.97. The minimum absolute atomic E-state index is 0.325. The number of benzene rings is 2. The van der Waals surface area contributed by atoms with Gasteiger partial charge in [0.25, 0.3) is 0 Å². The molecule has 1 aliphatic rings. The largest absolute Gasteiger partial charge is 0.493 e. The van der Waals surface area contributed by atoms with Crippen LogP contribution in [-0.2, 0) is 15.6 Å². The molecule has 3 heteroatoms. The molecular formula is C16H19O2S+. The van der Waals surface area contributed by atoms with Crippen LogP contribution in [0.1, 0.15) is 6.92 Å². The van der Waals surface area contributed by atoms with Crippen LogP contribution in [0.15, 0.2) is 41.3 Å². The van der Waals surface area contributed by atoms with E-state index in [0.29, 0.717) is 17.5 Å². The van der Waals surface area contributed by atoms with Crippen LogP contribution in [0.3, 0.4) is 0 Å². The minimum Gasteiger partial charge on any atom is -0.493 e. The summed E-state index contributed by atoms with van der Waals surface area (Å²) in [6.07, 6.45) is 0. The summed E-state index contributed by atoms with van der Waals surface area (Å²) in [4.78, 5) is 1.47. The predicted octanol–water partition coefficient (Wildman–Crippen LogP) is 3.25. The lowest BCUT2D eigenvalue weighted by molar-refractivity contribution is 0.159. The van der Waals surface area contributed by atoms with E-state index in [4.69, 9.17) is 9.47 Å². The average Bonchev–Trinajstić information content (AvgIpc) is 2.49. The zero-order chi connectivity index (χ0) is 13.1. The Morgan fingerprint density at radius 3 is 2.53 bits per heavy atom. The molecule has 2 nitrogen and oxygen atoms in total. The molecule has 2 aromatic rings. The molecule has 1 aliphatic heterocycles. The number of rotatable bonds is 3. The highest BCUT2D eigenvalue weighted by Crippen LogP contribution is 2.32. The summed E-state index contributed by atoms with van der Waals surface area (Å²) < 4.78 is 11.2. The van der Waals surface area contributed by atoms with E-state index in [9.17, 15) is 0 Å². The van der Waals surface area contributed by atoms with Crippen LogP contribution in [0.5, 0.6) is 5.75 Å². The predicted molar refractivity (Wildman–Crippen MR) is 81.3 cm³/mol. The van der Waals surface area contributed by atoms with Crippen LogP contribution >= 0.6 is 0 Å². The van der Waals surface area contributed by atoms with Crippen molar-refractivity contribution in [1.29, 1.82) is 0 Å². The highest BCUT2D eigenvalue weighted by atomic mass is 32.2. The second-order valence-corrected chi connectivity index (χ2v) is 6.80. The summed E-state index contributed by atoms with van der Waals surface area (Å²) in [5.74, 6) is 3.30. The average molecular weight is 275 g/mol. The molecule has 0 saturated carbocycles. The number of hydrogen-bond donors (Lipinski definition) is 0. The molecule has 0 aromatic heterocycles. The van der Waals surface area contributed by atoms with Gasteiger partial charge in [0.1, 0.15) is 17.3 Å². The third kappa shape index (κ3) is 2.58. The SMILES string of the molecule is CCOc1ccc([S+]2CCOCC2)c2ccccc12. The van der Waals surface area contributed by atoms with Gasteiger partial charge in [-0.1, -0.05) is 18.2 Å². The first kappa shape index (κ1) is 12.8.